The molecule has 1 amide bonds. The van der Waals surface area contributed by atoms with Crippen LogP contribution in [-0.2, 0) is 16.0 Å². The average molecular weight is 311 g/mol. The second-order valence-corrected chi connectivity index (χ2v) is 7.10. The summed E-state index contributed by atoms with van der Waals surface area (Å²) >= 11 is 3.44. The highest BCUT2D eigenvalue weighted by Gasteiger charge is 2.23. The van der Waals surface area contributed by atoms with Gasteiger partial charge in [-0.1, -0.05) is 18.2 Å². The van der Waals surface area contributed by atoms with Gasteiger partial charge in [-0.2, -0.15) is 11.8 Å². The number of carboxylic acid groups (broad SMARTS) is 1. The van der Waals surface area contributed by atoms with E-state index in [2.05, 4.69) is 17.4 Å². The van der Waals surface area contributed by atoms with Crippen LogP contribution in [0.25, 0.3) is 0 Å². The summed E-state index contributed by atoms with van der Waals surface area (Å²) in [6.45, 7) is 1.34. The molecule has 20 heavy (non-hydrogen) atoms. The fraction of sp³-hybridized carbons (Fsp3) is 0.429. The lowest BCUT2D eigenvalue weighted by molar-refractivity contribution is -0.140. The van der Waals surface area contributed by atoms with Gasteiger partial charge in [-0.25, -0.2) is 4.79 Å². The van der Waals surface area contributed by atoms with Crippen LogP contribution >= 0.6 is 23.5 Å². The fourth-order valence-electron chi connectivity index (χ4n) is 2.08. The highest BCUT2D eigenvalue weighted by molar-refractivity contribution is 8.03. The Hall–Kier alpha value is -1.14. The largest absolute Gasteiger partial charge is 0.480 e. The number of hydrogen-bond donors (Lipinski definition) is 2. The minimum atomic E-state index is -0.977. The first-order chi connectivity index (χ1) is 9.56. The van der Waals surface area contributed by atoms with Crippen LogP contribution in [0.3, 0.4) is 0 Å². The number of carbonyl (C=O) groups is 2. The molecule has 0 fully saturated rings. The van der Waals surface area contributed by atoms with E-state index in [4.69, 9.17) is 5.11 Å². The molecule has 1 aromatic carbocycles. The van der Waals surface area contributed by atoms with E-state index in [0.29, 0.717) is 11.0 Å². The summed E-state index contributed by atoms with van der Waals surface area (Å²) in [5.41, 5.74) is 1.37. The number of fused-ring (bicyclic) bond motifs is 1. The molecule has 0 aromatic heterocycles. The molecule has 2 N–H and O–H groups in total. The topological polar surface area (TPSA) is 66.4 Å². The van der Waals surface area contributed by atoms with E-state index in [1.807, 2.05) is 23.9 Å². The quantitative estimate of drug-likeness (QED) is 0.841. The summed E-state index contributed by atoms with van der Waals surface area (Å²) in [4.78, 5) is 23.3. The van der Waals surface area contributed by atoms with Gasteiger partial charge in [0.1, 0.15) is 6.04 Å². The standard InChI is InChI=1S/C14H17NO3S2/c1-9(16)15-12(14(17)18)8-19-7-11-6-10-4-2-3-5-13(10)20-11/h2-5,11-12H,6-8H2,1H3,(H,15,16)(H,17,18)/t11?,12-/m0/s1. The molecule has 6 heteroatoms. The maximum absolute atomic E-state index is 11.0. The number of aliphatic carboxylic acids is 1. The molecule has 108 valence electrons. The number of amides is 1. The molecule has 4 nitrogen and oxygen atoms in total. The molecule has 0 saturated heterocycles. The van der Waals surface area contributed by atoms with Gasteiger partial charge in [0.25, 0.3) is 0 Å². The van der Waals surface area contributed by atoms with Crippen LogP contribution in [0, 0.1) is 0 Å². The van der Waals surface area contributed by atoms with Crippen molar-refractivity contribution in [2.75, 3.05) is 11.5 Å². The Bertz CT molecular complexity index is 482. The van der Waals surface area contributed by atoms with Crippen LogP contribution in [0.5, 0.6) is 0 Å². The molecule has 0 bridgehead atoms. The summed E-state index contributed by atoms with van der Waals surface area (Å²) < 4.78 is 0. The minimum absolute atomic E-state index is 0.305. The van der Waals surface area contributed by atoms with E-state index in [1.54, 1.807) is 11.8 Å². The van der Waals surface area contributed by atoms with Crippen molar-refractivity contribution in [3.8, 4) is 0 Å². The average Bonchev–Trinajstić information content (AvgIpc) is 2.79. The van der Waals surface area contributed by atoms with Crippen molar-refractivity contribution >= 4 is 35.4 Å². The Morgan fingerprint density at radius 2 is 2.25 bits per heavy atom. The number of rotatable bonds is 6. The van der Waals surface area contributed by atoms with Crippen LogP contribution in [0.1, 0.15) is 12.5 Å². The zero-order valence-corrected chi connectivity index (χ0v) is 12.8. The maximum Gasteiger partial charge on any atom is 0.327 e. The van der Waals surface area contributed by atoms with Gasteiger partial charge in [0.15, 0.2) is 0 Å². The van der Waals surface area contributed by atoms with Crippen LogP contribution < -0.4 is 5.32 Å². The van der Waals surface area contributed by atoms with Crippen molar-refractivity contribution in [1.29, 1.82) is 0 Å². The predicted molar refractivity (Wildman–Crippen MR) is 82.4 cm³/mol. The van der Waals surface area contributed by atoms with Gasteiger partial charge in [0.2, 0.25) is 5.91 Å². The van der Waals surface area contributed by atoms with Crippen LogP contribution in [0.2, 0.25) is 0 Å². The first kappa shape index (κ1) is 15.3. The monoisotopic (exact) mass is 311 g/mol. The third-order valence-electron chi connectivity index (χ3n) is 2.98. The predicted octanol–water partition coefficient (Wildman–Crippen LogP) is 2.03. The molecule has 1 heterocycles. The van der Waals surface area contributed by atoms with E-state index in [1.165, 1.54) is 17.4 Å². The minimum Gasteiger partial charge on any atom is -0.480 e. The molecular formula is C14H17NO3S2. The number of carbonyl (C=O) groups excluding carboxylic acids is 1. The summed E-state index contributed by atoms with van der Waals surface area (Å²) in [7, 11) is 0. The lowest BCUT2D eigenvalue weighted by Gasteiger charge is -2.14. The van der Waals surface area contributed by atoms with E-state index in [0.717, 1.165) is 12.2 Å². The van der Waals surface area contributed by atoms with Crippen molar-refractivity contribution in [2.45, 2.75) is 29.5 Å². The Morgan fingerprint density at radius 3 is 2.90 bits per heavy atom. The summed E-state index contributed by atoms with van der Waals surface area (Å²) in [5, 5.41) is 12.0. The zero-order valence-electron chi connectivity index (χ0n) is 11.2. The molecule has 1 aromatic rings. The number of benzene rings is 1. The molecule has 0 spiro atoms. The number of hydrogen-bond acceptors (Lipinski definition) is 4. The zero-order chi connectivity index (χ0) is 14.5. The second-order valence-electron chi connectivity index (χ2n) is 4.68. The smallest absolute Gasteiger partial charge is 0.327 e. The van der Waals surface area contributed by atoms with Crippen molar-refractivity contribution in [2.24, 2.45) is 0 Å². The Kier molecular flexibility index (Phi) is 5.37. The highest BCUT2D eigenvalue weighted by atomic mass is 32.2. The van der Waals surface area contributed by atoms with Gasteiger partial charge in [0.05, 0.1) is 0 Å². The lowest BCUT2D eigenvalue weighted by Crippen LogP contribution is -2.41. The normalized spacial score (nSPS) is 18.4. The lowest BCUT2D eigenvalue weighted by atomic mass is 10.1. The number of thioether (sulfide) groups is 2. The number of carboxylic acids is 1. The molecule has 1 aliphatic rings. The van der Waals surface area contributed by atoms with Crippen molar-refractivity contribution < 1.29 is 14.7 Å². The van der Waals surface area contributed by atoms with Crippen LogP contribution in [0.4, 0.5) is 0 Å². The molecular weight excluding hydrogens is 294 g/mol. The second kappa shape index (κ2) is 7.04. The molecule has 0 aliphatic carbocycles. The molecule has 2 atom stereocenters. The molecule has 0 radical (unpaired) electrons. The van der Waals surface area contributed by atoms with Gasteiger partial charge in [0, 0.05) is 28.6 Å². The van der Waals surface area contributed by atoms with Gasteiger partial charge in [-0.3, -0.25) is 4.79 Å². The third-order valence-corrected chi connectivity index (χ3v) is 5.71. The molecule has 2 rings (SSSR count). The SMILES string of the molecule is CC(=O)N[C@@H](CSCC1Cc2ccccc2S1)C(=O)O. The first-order valence-electron chi connectivity index (χ1n) is 6.38. The first-order valence-corrected chi connectivity index (χ1v) is 8.42. The van der Waals surface area contributed by atoms with Gasteiger partial charge in [-0.15, -0.1) is 11.8 Å². The summed E-state index contributed by atoms with van der Waals surface area (Å²) in [5.74, 6) is 0.0149. The van der Waals surface area contributed by atoms with Crippen molar-refractivity contribution in [1.82, 2.24) is 5.32 Å². The molecule has 0 saturated carbocycles. The third kappa shape index (κ3) is 4.18. The number of nitrogens with one attached hydrogen (secondary N) is 1. The summed E-state index contributed by atoms with van der Waals surface area (Å²) in [6.07, 6.45) is 1.03. The van der Waals surface area contributed by atoms with Gasteiger partial charge < -0.3 is 10.4 Å². The Morgan fingerprint density at radius 1 is 1.50 bits per heavy atom. The van der Waals surface area contributed by atoms with Crippen LogP contribution in [-0.4, -0.2) is 39.8 Å². The highest BCUT2D eigenvalue weighted by Crippen LogP contribution is 2.38. The van der Waals surface area contributed by atoms with E-state index in [9.17, 15) is 9.59 Å². The molecule has 1 unspecified atom stereocenters. The van der Waals surface area contributed by atoms with Crippen molar-refractivity contribution in [3.05, 3.63) is 29.8 Å². The molecule has 1 aliphatic heterocycles. The maximum atomic E-state index is 11.0. The van der Waals surface area contributed by atoms with E-state index < -0.39 is 12.0 Å². The van der Waals surface area contributed by atoms with Crippen molar-refractivity contribution in [3.63, 3.8) is 0 Å². The Labute approximate surface area is 126 Å². The van der Waals surface area contributed by atoms with E-state index in [-0.39, 0.29) is 5.91 Å². The summed E-state index contributed by atoms with van der Waals surface area (Å²) in [6, 6.07) is 7.56. The van der Waals surface area contributed by atoms with Crippen LogP contribution in [0.15, 0.2) is 29.2 Å². The fourth-order valence-corrected chi connectivity index (χ4v) is 4.71. The Balaban J connectivity index is 1.77. The van der Waals surface area contributed by atoms with E-state index >= 15 is 0 Å². The van der Waals surface area contributed by atoms with Gasteiger partial charge in [-0.05, 0) is 18.1 Å². The van der Waals surface area contributed by atoms with Gasteiger partial charge >= 0.3 is 5.97 Å².